The fourth-order valence-corrected chi connectivity index (χ4v) is 2.48. The van der Waals surface area contributed by atoms with E-state index in [1.54, 1.807) is 55.6 Å². The van der Waals surface area contributed by atoms with Crippen molar-refractivity contribution in [2.75, 3.05) is 12.4 Å². The molecule has 132 valence electrons. The van der Waals surface area contributed by atoms with Gasteiger partial charge in [0.2, 0.25) is 5.91 Å². The molecular formula is C19H16ClN3O3. The minimum atomic E-state index is -0.321. The summed E-state index contributed by atoms with van der Waals surface area (Å²) in [7, 11) is 1.57. The number of ether oxygens (including phenoxy) is 1. The van der Waals surface area contributed by atoms with E-state index in [1.807, 2.05) is 0 Å². The molecule has 0 bridgehead atoms. The number of hydrogen-bond donors (Lipinski definition) is 1. The van der Waals surface area contributed by atoms with Gasteiger partial charge >= 0.3 is 0 Å². The molecule has 1 heterocycles. The smallest absolute Gasteiger partial charge is 0.254 e. The van der Waals surface area contributed by atoms with Gasteiger partial charge in [0.1, 0.15) is 12.3 Å². The number of anilines is 1. The van der Waals surface area contributed by atoms with E-state index >= 15 is 0 Å². The zero-order chi connectivity index (χ0) is 18.5. The molecule has 2 aromatic carbocycles. The van der Waals surface area contributed by atoms with Crippen molar-refractivity contribution in [2.24, 2.45) is 0 Å². The van der Waals surface area contributed by atoms with Gasteiger partial charge in [0.05, 0.1) is 19.1 Å². The van der Waals surface area contributed by atoms with Gasteiger partial charge < -0.3 is 10.1 Å². The lowest BCUT2D eigenvalue weighted by Gasteiger charge is -2.08. The SMILES string of the molecule is COc1ccc(NC(=O)Cn2cnc(-c3ccc(Cl)cc3)cc2=O)cc1. The second-order valence-electron chi connectivity index (χ2n) is 5.52. The molecule has 1 aromatic heterocycles. The Labute approximate surface area is 155 Å². The number of hydrogen-bond acceptors (Lipinski definition) is 4. The van der Waals surface area contributed by atoms with Gasteiger partial charge in [-0.05, 0) is 36.4 Å². The molecule has 0 spiro atoms. The van der Waals surface area contributed by atoms with Crippen LogP contribution < -0.4 is 15.6 Å². The van der Waals surface area contributed by atoms with Crippen molar-refractivity contribution in [3.63, 3.8) is 0 Å². The number of amides is 1. The van der Waals surface area contributed by atoms with Crippen LogP contribution in [0, 0.1) is 0 Å². The summed E-state index contributed by atoms with van der Waals surface area (Å²) < 4.78 is 6.31. The second kappa shape index (κ2) is 7.84. The average molecular weight is 370 g/mol. The zero-order valence-electron chi connectivity index (χ0n) is 14.0. The molecule has 26 heavy (non-hydrogen) atoms. The first-order valence-electron chi connectivity index (χ1n) is 7.81. The summed E-state index contributed by atoms with van der Waals surface area (Å²) in [5.74, 6) is 0.375. The lowest BCUT2D eigenvalue weighted by Crippen LogP contribution is -2.27. The molecule has 0 saturated carbocycles. The Morgan fingerprint density at radius 1 is 1.15 bits per heavy atom. The molecule has 0 aliphatic rings. The molecule has 0 aliphatic carbocycles. The van der Waals surface area contributed by atoms with Gasteiger partial charge in [0.25, 0.3) is 5.56 Å². The number of aromatic nitrogens is 2. The molecule has 1 N–H and O–H groups in total. The molecule has 0 fully saturated rings. The van der Waals surface area contributed by atoms with Gasteiger partial charge in [0.15, 0.2) is 0 Å². The number of carbonyl (C=O) groups is 1. The van der Waals surface area contributed by atoms with Crippen molar-refractivity contribution in [1.82, 2.24) is 9.55 Å². The average Bonchev–Trinajstić information content (AvgIpc) is 2.64. The first-order valence-corrected chi connectivity index (χ1v) is 8.19. The zero-order valence-corrected chi connectivity index (χ0v) is 14.7. The Kier molecular flexibility index (Phi) is 5.34. The standard InChI is InChI=1S/C19H16ClN3O3/c1-26-16-8-6-15(7-9-16)22-18(24)11-23-12-21-17(10-19(23)25)13-2-4-14(20)5-3-13/h2-10,12H,11H2,1H3,(H,22,24). The lowest BCUT2D eigenvalue weighted by molar-refractivity contribution is -0.116. The highest BCUT2D eigenvalue weighted by Gasteiger charge is 2.08. The molecule has 3 aromatic rings. The first kappa shape index (κ1) is 17.7. The Balaban J connectivity index is 1.70. The fraction of sp³-hybridized carbons (Fsp3) is 0.105. The van der Waals surface area contributed by atoms with Crippen LogP contribution >= 0.6 is 11.6 Å². The van der Waals surface area contributed by atoms with E-state index in [4.69, 9.17) is 16.3 Å². The van der Waals surface area contributed by atoms with Crippen LogP contribution in [0.3, 0.4) is 0 Å². The van der Waals surface area contributed by atoms with Crippen molar-refractivity contribution in [1.29, 1.82) is 0 Å². The van der Waals surface area contributed by atoms with E-state index in [2.05, 4.69) is 10.3 Å². The third-order valence-electron chi connectivity index (χ3n) is 3.71. The second-order valence-corrected chi connectivity index (χ2v) is 5.96. The minimum Gasteiger partial charge on any atom is -0.497 e. The highest BCUT2D eigenvalue weighted by atomic mass is 35.5. The summed E-state index contributed by atoms with van der Waals surface area (Å²) in [6.45, 7) is -0.126. The summed E-state index contributed by atoms with van der Waals surface area (Å²) >= 11 is 5.86. The fourth-order valence-electron chi connectivity index (χ4n) is 2.35. The summed E-state index contributed by atoms with van der Waals surface area (Å²) in [5.41, 5.74) is 1.62. The number of nitrogens with zero attached hydrogens (tertiary/aromatic N) is 2. The normalized spacial score (nSPS) is 10.4. The topological polar surface area (TPSA) is 73.2 Å². The number of methoxy groups -OCH3 is 1. The largest absolute Gasteiger partial charge is 0.497 e. The van der Waals surface area contributed by atoms with E-state index < -0.39 is 0 Å². The molecule has 6 nitrogen and oxygen atoms in total. The van der Waals surface area contributed by atoms with E-state index in [1.165, 1.54) is 17.0 Å². The molecule has 0 atom stereocenters. The Hall–Kier alpha value is -3.12. The number of halogens is 1. The van der Waals surface area contributed by atoms with E-state index in [0.717, 1.165) is 5.56 Å². The van der Waals surface area contributed by atoms with Gasteiger partial charge in [-0.1, -0.05) is 23.7 Å². The molecular weight excluding hydrogens is 354 g/mol. The van der Waals surface area contributed by atoms with Crippen LogP contribution in [-0.4, -0.2) is 22.6 Å². The number of rotatable bonds is 5. The summed E-state index contributed by atoms with van der Waals surface area (Å²) in [6.07, 6.45) is 1.36. The van der Waals surface area contributed by atoms with Gasteiger partial charge in [0, 0.05) is 22.3 Å². The Morgan fingerprint density at radius 2 is 1.85 bits per heavy atom. The summed E-state index contributed by atoms with van der Waals surface area (Å²) in [5, 5.41) is 3.33. The number of carbonyl (C=O) groups excluding carboxylic acids is 1. The van der Waals surface area contributed by atoms with Gasteiger partial charge in [-0.3, -0.25) is 14.2 Å². The molecule has 3 rings (SSSR count). The molecule has 0 unspecified atom stereocenters. The summed E-state index contributed by atoms with van der Waals surface area (Å²) in [4.78, 5) is 28.6. The molecule has 7 heteroatoms. The predicted octanol–water partition coefficient (Wildman–Crippen LogP) is 3.21. The highest BCUT2D eigenvalue weighted by Crippen LogP contribution is 2.18. The van der Waals surface area contributed by atoms with Crippen LogP contribution in [0.2, 0.25) is 5.02 Å². The minimum absolute atomic E-state index is 0.126. The van der Waals surface area contributed by atoms with Crippen LogP contribution in [0.5, 0.6) is 5.75 Å². The van der Waals surface area contributed by atoms with E-state index in [-0.39, 0.29) is 18.0 Å². The number of benzene rings is 2. The molecule has 0 radical (unpaired) electrons. The van der Waals surface area contributed by atoms with Crippen LogP contribution in [0.1, 0.15) is 0 Å². The molecule has 1 amide bonds. The van der Waals surface area contributed by atoms with Crippen molar-refractivity contribution >= 4 is 23.2 Å². The molecule has 0 saturated heterocycles. The van der Waals surface area contributed by atoms with E-state index in [0.29, 0.717) is 22.2 Å². The quantitative estimate of drug-likeness (QED) is 0.749. The first-order chi connectivity index (χ1) is 12.5. The van der Waals surface area contributed by atoms with E-state index in [9.17, 15) is 9.59 Å². The van der Waals surface area contributed by atoms with Crippen LogP contribution in [0.4, 0.5) is 5.69 Å². The van der Waals surface area contributed by atoms with Crippen molar-refractivity contribution < 1.29 is 9.53 Å². The third kappa shape index (κ3) is 4.29. The predicted molar refractivity (Wildman–Crippen MR) is 101 cm³/mol. The number of nitrogens with one attached hydrogen (secondary N) is 1. The third-order valence-corrected chi connectivity index (χ3v) is 3.96. The lowest BCUT2D eigenvalue weighted by atomic mass is 10.1. The van der Waals surface area contributed by atoms with Crippen LogP contribution in [0.25, 0.3) is 11.3 Å². The maximum atomic E-state index is 12.3. The maximum Gasteiger partial charge on any atom is 0.254 e. The van der Waals surface area contributed by atoms with Crippen LogP contribution in [-0.2, 0) is 11.3 Å². The van der Waals surface area contributed by atoms with Crippen LogP contribution in [0.15, 0.2) is 65.7 Å². The summed E-state index contributed by atoms with van der Waals surface area (Å²) in [6, 6.07) is 15.3. The van der Waals surface area contributed by atoms with Crippen molar-refractivity contribution in [3.8, 4) is 17.0 Å². The van der Waals surface area contributed by atoms with Crippen molar-refractivity contribution in [2.45, 2.75) is 6.54 Å². The molecule has 0 aliphatic heterocycles. The Bertz CT molecular complexity index is 967. The van der Waals surface area contributed by atoms with Gasteiger partial charge in [-0.25, -0.2) is 4.98 Å². The van der Waals surface area contributed by atoms with Crippen molar-refractivity contribution in [3.05, 3.63) is 76.3 Å². The maximum absolute atomic E-state index is 12.3. The monoisotopic (exact) mass is 369 g/mol. The highest BCUT2D eigenvalue weighted by molar-refractivity contribution is 6.30. The van der Waals surface area contributed by atoms with Gasteiger partial charge in [-0.2, -0.15) is 0 Å². The Morgan fingerprint density at radius 3 is 2.46 bits per heavy atom. The van der Waals surface area contributed by atoms with Gasteiger partial charge in [-0.15, -0.1) is 0 Å².